The molecule has 0 atom stereocenters. The van der Waals surface area contributed by atoms with E-state index in [2.05, 4.69) is 106 Å². The highest BCUT2D eigenvalue weighted by molar-refractivity contribution is 9.10. The van der Waals surface area contributed by atoms with E-state index in [-0.39, 0.29) is 0 Å². The van der Waals surface area contributed by atoms with E-state index in [0.717, 1.165) is 33.7 Å². The molecule has 26 heavy (non-hydrogen) atoms. The van der Waals surface area contributed by atoms with E-state index < -0.39 is 0 Å². The molecule has 1 aliphatic heterocycles. The zero-order valence-corrected chi connectivity index (χ0v) is 16.2. The van der Waals surface area contributed by atoms with Crippen LogP contribution in [0.25, 0.3) is 11.6 Å². The molecule has 0 fully saturated rings. The quantitative estimate of drug-likeness (QED) is 0.561. The first-order chi connectivity index (χ1) is 12.6. The molecule has 1 aliphatic rings. The standard InChI is InChI=1S/C23H19BrN2/c1-16-6-12-20(13-7-16)26-15-18-4-2-3-5-21(18)22(23(26)25)14-17-8-10-19(24)11-9-17/h2-14,25H,15H2,1H3/p+1. The fourth-order valence-corrected chi connectivity index (χ4v) is 3.56. The van der Waals surface area contributed by atoms with Crippen LogP contribution < -0.4 is 5.73 Å². The molecule has 0 spiro atoms. The van der Waals surface area contributed by atoms with Gasteiger partial charge in [-0.15, -0.1) is 0 Å². The number of nitrogens with zero attached hydrogens (tertiary/aromatic N) is 1. The van der Waals surface area contributed by atoms with Gasteiger partial charge in [0.2, 0.25) is 0 Å². The fourth-order valence-electron chi connectivity index (χ4n) is 3.29. The molecule has 0 aliphatic carbocycles. The van der Waals surface area contributed by atoms with Crippen LogP contribution in [0.2, 0.25) is 0 Å². The van der Waals surface area contributed by atoms with Crippen LogP contribution in [-0.4, -0.2) is 10.4 Å². The third-order valence-corrected chi connectivity index (χ3v) is 5.26. The molecule has 4 rings (SSSR count). The van der Waals surface area contributed by atoms with E-state index >= 15 is 0 Å². The summed E-state index contributed by atoms with van der Waals surface area (Å²) < 4.78 is 3.26. The lowest BCUT2D eigenvalue weighted by atomic mass is 9.93. The van der Waals surface area contributed by atoms with E-state index in [9.17, 15) is 0 Å². The van der Waals surface area contributed by atoms with Crippen LogP contribution in [0.4, 0.5) is 5.69 Å². The van der Waals surface area contributed by atoms with Crippen molar-refractivity contribution in [2.45, 2.75) is 13.5 Å². The zero-order chi connectivity index (χ0) is 18.1. The Hall–Kier alpha value is -2.65. The first-order valence-electron chi connectivity index (χ1n) is 8.64. The maximum absolute atomic E-state index is 6.65. The molecule has 0 unspecified atom stereocenters. The van der Waals surface area contributed by atoms with Crippen LogP contribution in [0, 0.1) is 6.92 Å². The molecule has 3 aromatic carbocycles. The van der Waals surface area contributed by atoms with Crippen molar-refractivity contribution in [3.8, 4) is 0 Å². The van der Waals surface area contributed by atoms with Crippen molar-refractivity contribution in [2.24, 2.45) is 5.73 Å². The lowest BCUT2D eigenvalue weighted by Crippen LogP contribution is -2.30. The summed E-state index contributed by atoms with van der Waals surface area (Å²) in [6, 6.07) is 25.3. The van der Waals surface area contributed by atoms with Gasteiger partial charge in [0, 0.05) is 10.0 Å². The van der Waals surface area contributed by atoms with Crippen molar-refractivity contribution in [2.75, 3.05) is 0 Å². The Morgan fingerprint density at radius 1 is 0.923 bits per heavy atom. The Balaban J connectivity index is 1.88. The second kappa shape index (κ2) is 6.93. The second-order valence-corrected chi connectivity index (χ2v) is 7.49. The van der Waals surface area contributed by atoms with Gasteiger partial charge in [0.15, 0.2) is 0 Å². The minimum absolute atomic E-state index is 0.781. The molecule has 3 heteroatoms. The largest absolute Gasteiger partial charge is 0.286 e. The Morgan fingerprint density at radius 2 is 1.62 bits per heavy atom. The number of halogens is 1. The van der Waals surface area contributed by atoms with Crippen LogP contribution in [0.15, 0.2) is 77.3 Å². The van der Waals surface area contributed by atoms with Crippen molar-refractivity contribution < 1.29 is 4.58 Å². The zero-order valence-electron chi connectivity index (χ0n) is 14.6. The fraction of sp³-hybridized carbons (Fsp3) is 0.0870. The van der Waals surface area contributed by atoms with E-state index in [1.807, 2.05) is 0 Å². The highest BCUT2D eigenvalue weighted by atomic mass is 79.9. The molecule has 0 amide bonds. The first kappa shape index (κ1) is 16.8. The molecule has 0 aromatic heterocycles. The molecule has 2 nitrogen and oxygen atoms in total. The van der Waals surface area contributed by atoms with Gasteiger partial charge in [-0.3, -0.25) is 5.73 Å². The van der Waals surface area contributed by atoms with Crippen LogP contribution in [0.1, 0.15) is 22.3 Å². The smallest absolute Gasteiger partial charge is 0.281 e. The molecule has 0 saturated heterocycles. The van der Waals surface area contributed by atoms with E-state index in [0.29, 0.717) is 0 Å². The summed E-state index contributed by atoms with van der Waals surface area (Å²) in [6.45, 7) is 2.88. The average molecular weight is 404 g/mol. The molecule has 1 heterocycles. The summed E-state index contributed by atoms with van der Waals surface area (Å²) in [5, 5.41) is 0. The van der Waals surface area contributed by atoms with Gasteiger partial charge in [-0.2, -0.15) is 0 Å². The predicted molar refractivity (Wildman–Crippen MR) is 112 cm³/mol. The first-order valence-corrected chi connectivity index (χ1v) is 9.44. The monoisotopic (exact) mass is 403 g/mol. The minimum Gasteiger partial charge on any atom is -0.286 e. The minimum atomic E-state index is 0.781. The summed E-state index contributed by atoms with van der Waals surface area (Å²) in [7, 11) is 0. The summed E-state index contributed by atoms with van der Waals surface area (Å²) >= 11 is 3.50. The van der Waals surface area contributed by atoms with Gasteiger partial charge in [0.1, 0.15) is 12.2 Å². The third kappa shape index (κ3) is 3.23. The van der Waals surface area contributed by atoms with Crippen LogP contribution in [0.5, 0.6) is 0 Å². The maximum atomic E-state index is 6.65. The molecule has 2 N–H and O–H groups in total. The Morgan fingerprint density at radius 3 is 2.35 bits per heavy atom. The predicted octanol–water partition coefficient (Wildman–Crippen LogP) is 5.51. The van der Waals surface area contributed by atoms with Gasteiger partial charge in [-0.25, -0.2) is 4.58 Å². The van der Waals surface area contributed by atoms with Crippen molar-refractivity contribution >= 4 is 39.1 Å². The highest BCUT2D eigenvalue weighted by Gasteiger charge is 2.26. The van der Waals surface area contributed by atoms with Crippen molar-refractivity contribution in [3.05, 3.63) is 99.5 Å². The van der Waals surface area contributed by atoms with E-state index in [4.69, 9.17) is 5.73 Å². The van der Waals surface area contributed by atoms with Crippen molar-refractivity contribution in [3.63, 3.8) is 0 Å². The number of nitrogens with two attached hydrogens (primary N) is 1. The van der Waals surface area contributed by atoms with Crippen LogP contribution in [0.3, 0.4) is 0 Å². The normalized spacial score (nSPS) is 15.2. The molecular weight excluding hydrogens is 384 g/mol. The lowest BCUT2D eigenvalue weighted by molar-refractivity contribution is -0.458. The Labute approximate surface area is 162 Å². The van der Waals surface area contributed by atoms with Gasteiger partial charge in [0.25, 0.3) is 5.84 Å². The molecule has 128 valence electrons. The number of amidine groups is 1. The van der Waals surface area contributed by atoms with Crippen LogP contribution >= 0.6 is 15.9 Å². The third-order valence-electron chi connectivity index (χ3n) is 4.73. The van der Waals surface area contributed by atoms with Gasteiger partial charge < -0.3 is 0 Å². The summed E-state index contributed by atoms with van der Waals surface area (Å²) in [6.07, 6.45) is 2.17. The van der Waals surface area contributed by atoms with Gasteiger partial charge in [-0.05, 0) is 48.4 Å². The number of rotatable bonds is 2. The Bertz CT molecular complexity index is 1010. The topological polar surface area (TPSA) is 29.0 Å². The number of aryl methyl sites for hydroxylation is 1. The summed E-state index contributed by atoms with van der Waals surface area (Å²) in [4.78, 5) is 0. The lowest BCUT2D eigenvalue weighted by Gasteiger charge is -2.20. The highest BCUT2D eigenvalue weighted by Crippen LogP contribution is 2.30. The molecular formula is C23H20BrN2+. The average Bonchev–Trinajstić information content (AvgIpc) is 2.66. The number of hydrogen-bond acceptors (Lipinski definition) is 1. The SMILES string of the molecule is Cc1ccc([N+]2=C(N)C(=Cc3ccc(Br)cc3)c3ccccc3C2)cc1. The number of hydrogen-bond donors (Lipinski definition) is 1. The van der Waals surface area contributed by atoms with Crippen LogP contribution in [-0.2, 0) is 6.54 Å². The van der Waals surface area contributed by atoms with Gasteiger partial charge in [0.05, 0.1) is 5.57 Å². The van der Waals surface area contributed by atoms with Crippen molar-refractivity contribution in [1.82, 2.24) is 0 Å². The number of benzene rings is 3. The molecule has 0 saturated carbocycles. The van der Waals surface area contributed by atoms with Crippen molar-refractivity contribution in [1.29, 1.82) is 0 Å². The summed E-state index contributed by atoms with van der Waals surface area (Å²) in [5.41, 5.74) is 13.7. The molecule has 3 aromatic rings. The van der Waals surface area contributed by atoms with E-state index in [1.54, 1.807) is 0 Å². The van der Waals surface area contributed by atoms with Gasteiger partial charge >= 0.3 is 0 Å². The van der Waals surface area contributed by atoms with E-state index in [1.165, 1.54) is 16.7 Å². The Kier molecular flexibility index (Phi) is 4.48. The number of fused-ring (bicyclic) bond motifs is 1. The molecule has 0 radical (unpaired) electrons. The molecule has 0 bridgehead atoms. The maximum Gasteiger partial charge on any atom is 0.281 e. The summed E-state index contributed by atoms with van der Waals surface area (Å²) in [5.74, 6) is 0.787. The van der Waals surface area contributed by atoms with Gasteiger partial charge in [-0.1, -0.05) is 70.0 Å². The second-order valence-electron chi connectivity index (χ2n) is 6.57.